The molecule has 19 heavy (non-hydrogen) atoms. The summed E-state index contributed by atoms with van der Waals surface area (Å²) in [4.78, 5) is 6.78. The number of nitrogens with two attached hydrogens (primary N) is 1. The number of hydrogen-bond donors (Lipinski definition) is 3. The van der Waals surface area contributed by atoms with Gasteiger partial charge in [0.2, 0.25) is 5.95 Å². The van der Waals surface area contributed by atoms with Crippen molar-refractivity contribution < 1.29 is 21.6 Å². The molecule has 0 aliphatic carbocycles. The lowest BCUT2D eigenvalue weighted by atomic mass is 10.4. The molecule has 0 unspecified atom stereocenters. The van der Waals surface area contributed by atoms with Crippen LogP contribution < -0.4 is 16.6 Å². The molecule has 108 valence electrons. The van der Waals surface area contributed by atoms with Crippen molar-refractivity contribution in [2.45, 2.75) is 6.18 Å². The van der Waals surface area contributed by atoms with Gasteiger partial charge in [0, 0.05) is 18.9 Å². The Morgan fingerprint density at radius 1 is 1.37 bits per heavy atom. The molecule has 0 fully saturated rings. The van der Waals surface area contributed by atoms with Crippen LogP contribution in [0.1, 0.15) is 5.69 Å². The SMILES string of the molecule is CS(=O)(=O)CCNc1cc(C(F)(F)F)nc(NN)n1. The first-order valence-corrected chi connectivity index (χ1v) is 7.02. The molecule has 11 heteroatoms. The van der Waals surface area contributed by atoms with Gasteiger partial charge in [0.05, 0.1) is 5.75 Å². The summed E-state index contributed by atoms with van der Waals surface area (Å²) in [6, 6.07) is 0.670. The number of rotatable bonds is 5. The Morgan fingerprint density at radius 3 is 2.47 bits per heavy atom. The molecular weight excluding hydrogens is 287 g/mol. The average Bonchev–Trinajstić information content (AvgIpc) is 2.25. The molecule has 1 aromatic heterocycles. The molecule has 0 bridgehead atoms. The van der Waals surface area contributed by atoms with Crippen LogP contribution in [0.4, 0.5) is 24.9 Å². The standard InChI is InChI=1S/C8H12F3N5O2S/c1-19(17,18)3-2-13-6-4-5(8(9,10)11)14-7(15-6)16-12/h4H,2-3,12H2,1H3,(H2,13,14,15,16). The Morgan fingerprint density at radius 2 is 2.00 bits per heavy atom. The van der Waals surface area contributed by atoms with Crippen LogP contribution in [0.5, 0.6) is 0 Å². The lowest BCUT2D eigenvalue weighted by molar-refractivity contribution is -0.141. The van der Waals surface area contributed by atoms with E-state index in [1.807, 2.05) is 5.43 Å². The third-order valence-electron chi connectivity index (χ3n) is 1.92. The van der Waals surface area contributed by atoms with E-state index >= 15 is 0 Å². The molecule has 1 heterocycles. The molecular formula is C8H12F3N5O2S. The molecule has 0 spiro atoms. The molecule has 4 N–H and O–H groups in total. The maximum Gasteiger partial charge on any atom is 0.433 e. The van der Waals surface area contributed by atoms with Gasteiger partial charge in [-0.1, -0.05) is 0 Å². The fourth-order valence-corrected chi connectivity index (χ4v) is 1.58. The van der Waals surface area contributed by atoms with E-state index in [1.165, 1.54) is 0 Å². The predicted molar refractivity (Wildman–Crippen MR) is 63.0 cm³/mol. The zero-order valence-corrected chi connectivity index (χ0v) is 10.6. The van der Waals surface area contributed by atoms with Crippen molar-refractivity contribution in [1.82, 2.24) is 9.97 Å². The summed E-state index contributed by atoms with van der Waals surface area (Å²) < 4.78 is 59.3. The molecule has 0 saturated heterocycles. The number of nitrogens with one attached hydrogen (secondary N) is 2. The van der Waals surface area contributed by atoms with Gasteiger partial charge in [0.15, 0.2) is 5.69 Å². The molecule has 0 aliphatic heterocycles. The van der Waals surface area contributed by atoms with Gasteiger partial charge in [0.1, 0.15) is 15.7 Å². The number of sulfone groups is 1. The molecule has 7 nitrogen and oxygen atoms in total. The van der Waals surface area contributed by atoms with E-state index < -0.39 is 27.7 Å². The first kappa shape index (κ1) is 15.4. The summed E-state index contributed by atoms with van der Waals surface area (Å²) in [7, 11) is -3.22. The summed E-state index contributed by atoms with van der Waals surface area (Å²) in [5.41, 5.74) is 0.723. The van der Waals surface area contributed by atoms with Gasteiger partial charge < -0.3 is 5.32 Å². The molecule has 0 amide bonds. The first-order chi connectivity index (χ1) is 8.62. The van der Waals surface area contributed by atoms with Crippen molar-refractivity contribution in [3.63, 3.8) is 0 Å². The number of anilines is 2. The van der Waals surface area contributed by atoms with Crippen molar-refractivity contribution in [2.75, 3.05) is 29.3 Å². The van der Waals surface area contributed by atoms with Gasteiger partial charge in [0.25, 0.3) is 0 Å². The second kappa shape index (κ2) is 5.57. The van der Waals surface area contributed by atoms with Crippen LogP contribution in [0.2, 0.25) is 0 Å². The van der Waals surface area contributed by atoms with Gasteiger partial charge in [-0.3, -0.25) is 5.43 Å². The summed E-state index contributed by atoms with van der Waals surface area (Å²) in [5, 5.41) is 2.46. The van der Waals surface area contributed by atoms with E-state index in [2.05, 4.69) is 15.3 Å². The second-order valence-electron chi connectivity index (χ2n) is 3.66. The van der Waals surface area contributed by atoms with Crippen molar-refractivity contribution in [2.24, 2.45) is 5.84 Å². The minimum absolute atomic E-state index is 0.0723. The Labute approximate surface area is 107 Å². The summed E-state index contributed by atoms with van der Waals surface area (Å²) in [5.74, 6) is 4.14. The summed E-state index contributed by atoms with van der Waals surface area (Å²) >= 11 is 0. The number of hydrazine groups is 1. The zero-order chi connectivity index (χ0) is 14.7. The van der Waals surface area contributed by atoms with Crippen LogP contribution in [-0.2, 0) is 16.0 Å². The number of alkyl halides is 3. The smallest absolute Gasteiger partial charge is 0.369 e. The maximum absolute atomic E-state index is 12.5. The van der Waals surface area contributed by atoms with E-state index in [9.17, 15) is 21.6 Å². The van der Waals surface area contributed by atoms with Gasteiger partial charge in [-0.15, -0.1) is 0 Å². The molecule has 0 atom stereocenters. The fraction of sp³-hybridized carbons (Fsp3) is 0.500. The van der Waals surface area contributed by atoms with Crippen molar-refractivity contribution >= 4 is 21.6 Å². The van der Waals surface area contributed by atoms with Crippen molar-refractivity contribution in [3.8, 4) is 0 Å². The molecule has 1 rings (SSSR count). The number of aromatic nitrogens is 2. The van der Waals surface area contributed by atoms with E-state index in [1.54, 1.807) is 0 Å². The highest BCUT2D eigenvalue weighted by molar-refractivity contribution is 7.90. The van der Waals surface area contributed by atoms with E-state index in [4.69, 9.17) is 5.84 Å². The molecule has 0 aliphatic rings. The highest BCUT2D eigenvalue weighted by Gasteiger charge is 2.33. The quantitative estimate of drug-likeness (QED) is 0.527. The molecule has 1 aromatic rings. The van der Waals surface area contributed by atoms with E-state index in [-0.39, 0.29) is 18.1 Å². The Bertz CT molecular complexity index is 546. The third kappa shape index (κ3) is 5.26. The number of nitrogen functional groups attached to an aromatic ring is 1. The first-order valence-electron chi connectivity index (χ1n) is 4.96. The van der Waals surface area contributed by atoms with Crippen molar-refractivity contribution in [1.29, 1.82) is 0 Å². The van der Waals surface area contributed by atoms with Gasteiger partial charge in [-0.05, 0) is 0 Å². The Balaban J connectivity index is 2.89. The topological polar surface area (TPSA) is 110 Å². The van der Waals surface area contributed by atoms with Crippen LogP contribution in [0.3, 0.4) is 0 Å². The Hall–Kier alpha value is -1.62. The Kier molecular flexibility index (Phi) is 4.52. The zero-order valence-electron chi connectivity index (χ0n) is 9.82. The second-order valence-corrected chi connectivity index (χ2v) is 5.92. The predicted octanol–water partition coefficient (Wildman–Crippen LogP) is 0.237. The fourth-order valence-electron chi connectivity index (χ4n) is 1.11. The number of halogens is 3. The van der Waals surface area contributed by atoms with Gasteiger partial charge >= 0.3 is 6.18 Å². The third-order valence-corrected chi connectivity index (χ3v) is 2.87. The molecule has 0 saturated carbocycles. The van der Waals surface area contributed by atoms with Crippen LogP contribution >= 0.6 is 0 Å². The lowest BCUT2D eigenvalue weighted by Gasteiger charge is -2.11. The van der Waals surface area contributed by atoms with Crippen molar-refractivity contribution in [3.05, 3.63) is 11.8 Å². The van der Waals surface area contributed by atoms with Crippen LogP contribution in [0.25, 0.3) is 0 Å². The van der Waals surface area contributed by atoms with Crippen LogP contribution in [0.15, 0.2) is 6.07 Å². The minimum Gasteiger partial charge on any atom is -0.369 e. The minimum atomic E-state index is -4.65. The normalized spacial score (nSPS) is 12.3. The maximum atomic E-state index is 12.5. The number of hydrogen-bond acceptors (Lipinski definition) is 7. The summed E-state index contributed by atoms with van der Waals surface area (Å²) in [6.45, 7) is -0.0723. The van der Waals surface area contributed by atoms with Crippen LogP contribution in [0, 0.1) is 0 Å². The van der Waals surface area contributed by atoms with Gasteiger partial charge in [-0.2, -0.15) is 18.2 Å². The highest BCUT2D eigenvalue weighted by Crippen LogP contribution is 2.29. The largest absolute Gasteiger partial charge is 0.433 e. The molecule has 0 aromatic carbocycles. The lowest BCUT2D eigenvalue weighted by Crippen LogP contribution is -2.19. The van der Waals surface area contributed by atoms with Gasteiger partial charge in [-0.25, -0.2) is 19.2 Å². The highest BCUT2D eigenvalue weighted by atomic mass is 32.2. The van der Waals surface area contributed by atoms with Crippen LogP contribution in [-0.4, -0.2) is 36.9 Å². The monoisotopic (exact) mass is 299 g/mol. The number of nitrogens with zero attached hydrogens (tertiary/aromatic N) is 2. The molecule has 0 radical (unpaired) electrons. The average molecular weight is 299 g/mol. The van der Waals surface area contributed by atoms with E-state index in [0.717, 1.165) is 6.26 Å². The summed E-state index contributed by atoms with van der Waals surface area (Å²) in [6.07, 6.45) is -3.63. The van der Waals surface area contributed by atoms with E-state index in [0.29, 0.717) is 6.07 Å².